The molecule has 22 heavy (non-hydrogen) atoms. The van der Waals surface area contributed by atoms with Crippen LogP contribution in [0, 0.1) is 6.92 Å². The van der Waals surface area contributed by atoms with E-state index >= 15 is 0 Å². The number of hydrogen-bond acceptors (Lipinski definition) is 7. The van der Waals surface area contributed by atoms with Crippen LogP contribution in [0.15, 0.2) is 23.1 Å². The third-order valence-electron chi connectivity index (χ3n) is 2.72. The molecule has 10 heteroatoms. The number of ether oxygens (including phenoxy) is 1. The lowest BCUT2D eigenvalue weighted by molar-refractivity contribution is -0.139. The Morgan fingerprint density at radius 3 is 2.82 bits per heavy atom. The normalized spacial score (nSPS) is 11.2. The maximum Gasteiger partial charge on any atom is 0.312 e. The summed E-state index contributed by atoms with van der Waals surface area (Å²) in [4.78, 5) is 11.2. The van der Waals surface area contributed by atoms with Crippen molar-refractivity contribution in [2.24, 2.45) is 0 Å². The minimum absolute atomic E-state index is 0.0599. The van der Waals surface area contributed by atoms with Crippen molar-refractivity contribution in [3.63, 3.8) is 0 Å². The Morgan fingerprint density at radius 1 is 1.41 bits per heavy atom. The standard InChI is InChI=1S/C12H12ClN3O4S2/c1-7-8(13)4-3-5-9(7)22(18,19)16-12-15-14-10(21-12)6-11(17)20-2/h3-5H,6H2,1-2H3,(H,15,16). The summed E-state index contributed by atoms with van der Waals surface area (Å²) >= 11 is 6.89. The van der Waals surface area contributed by atoms with E-state index in [1.165, 1.54) is 13.2 Å². The largest absolute Gasteiger partial charge is 0.469 e. The molecule has 0 aliphatic rings. The topological polar surface area (TPSA) is 98.2 Å². The molecule has 2 rings (SSSR count). The van der Waals surface area contributed by atoms with Crippen LogP contribution in [0.1, 0.15) is 10.6 Å². The van der Waals surface area contributed by atoms with Gasteiger partial charge in [-0.15, -0.1) is 10.2 Å². The van der Waals surface area contributed by atoms with Crippen LogP contribution in [-0.2, 0) is 26.0 Å². The van der Waals surface area contributed by atoms with Gasteiger partial charge in [0, 0.05) is 5.02 Å². The zero-order chi connectivity index (χ0) is 16.3. The molecule has 0 aliphatic heterocycles. The molecular formula is C12H12ClN3O4S2. The summed E-state index contributed by atoms with van der Waals surface area (Å²) in [6, 6.07) is 4.60. The summed E-state index contributed by atoms with van der Waals surface area (Å²) in [5.74, 6) is -0.476. The molecule has 0 aliphatic carbocycles. The highest BCUT2D eigenvalue weighted by Crippen LogP contribution is 2.26. The minimum atomic E-state index is -3.83. The highest BCUT2D eigenvalue weighted by Gasteiger charge is 2.20. The van der Waals surface area contributed by atoms with E-state index in [-0.39, 0.29) is 16.4 Å². The number of nitrogens with zero attached hydrogens (tertiary/aromatic N) is 2. The number of sulfonamides is 1. The van der Waals surface area contributed by atoms with Crippen LogP contribution in [0.5, 0.6) is 0 Å². The first-order valence-corrected chi connectivity index (χ1v) is 8.68. The summed E-state index contributed by atoms with van der Waals surface area (Å²) in [6.07, 6.45) is -0.0634. The molecule has 0 spiro atoms. The molecule has 1 aromatic heterocycles. The minimum Gasteiger partial charge on any atom is -0.469 e. The third-order valence-corrected chi connectivity index (χ3v) is 5.58. The average Bonchev–Trinajstić information content (AvgIpc) is 2.87. The second kappa shape index (κ2) is 6.59. The van der Waals surface area contributed by atoms with E-state index in [2.05, 4.69) is 19.7 Å². The molecule has 0 saturated heterocycles. The van der Waals surface area contributed by atoms with Gasteiger partial charge >= 0.3 is 5.97 Å². The van der Waals surface area contributed by atoms with Gasteiger partial charge < -0.3 is 4.74 Å². The number of rotatable bonds is 5. The van der Waals surface area contributed by atoms with Gasteiger partial charge in [0.05, 0.1) is 18.4 Å². The van der Waals surface area contributed by atoms with Crippen molar-refractivity contribution in [1.82, 2.24) is 10.2 Å². The summed E-state index contributed by atoms with van der Waals surface area (Å²) in [6.45, 7) is 1.61. The number of nitrogens with one attached hydrogen (secondary N) is 1. The van der Waals surface area contributed by atoms with Crippen molar-refractivity contribution in [3.8, 4) is 0 Å². The lowest BCUT2D eigenvalue weighted by Gasteiger charge is -2.08. The van der Waals surface area contributed by atoms with E-state index in [1.807, 2.05) is 0 Å². The van der Waals surface area contributed by atoms with Crippen molar-refractivity contribution < 1.29 is 17.9 Å². The Hall–Kier alpha value is -1.71. The van der Waals surface area contributed by atoms with Crippen LogP contribution in [0.4, 0.5) is 5.13 Å². The molecule has 0 saturated carbocycles. The van der Waals surface area contributed by atoms with Crippen LogP contribution in [0.3, 0.4) is 0 Å². The fourth-order valence-corrected chi connectivity index (χ4v) is 4.06. The Morgan fingerprint density at radius 2 is 2.14 bits per heavy atom. The van der Waals surface area contributed by atoms with Crippen molar-refractivity contribution in [2.45, 2.75) is 18.2 Å². The molecule has 0 fully saturated rings. The third kappa shape index (κ3) is 3.73. The highest BCUT2D eigenvalue weighted by atomic mass is 35.5. The number of hydrogen-bond donors (Lipinski definition) is 1. The number of methoxy groups -OCH3 is 1. The van der Waals surface area contributed by atoms with Gasteiger partial charge in [0.25, 0.3) is 10.0 Å². The van der Waals surface area contributed by atoms with Crippen molar-refractivity contribution in [3.05, 3.63) is 33.8 Å². The molecule has 118 valence electrons. The van der Waals surface area contributed by atoms with Crippen LogP contribution >= 0.6 is 22.9 Å². The SMILES string of the molecule is COC(=O)Cc1nnc(NS(=O)(=O)c2cccc(Cl)c2C)s1. The van der Waals surface area contributed by atoms with E-state index < -0.39 is 16.0 Å². The number of carbonyl (C=O) groups is 1. The molecule has 1 N–H and O–H groups in total. The molecule has 1 heterocycles. The maximum absolute atomic E-state index is 12.3. The number of carbonyl (C=O) groups excluding carboxylic acids is 1. The highest BCUT2D eigenvalue weighted by molar-refractivity contribution is 7.93. The molecule has 0 bridgehead atoms. The van der Waals surface area contributed by atoms with Crippen LogP contribution in [0.2, 0.25) is 5.02 Å². The summed E-state index contributed by atoms with van der Waals surface area (Å²) in [5.41, 5.74) is 0.441. The summed E-state index contributed by atoms with van der Waals surface area (Å²) < 4.78 is 31.5. The second-order valence-corrected chi connectivity index (χ2v) is 7.34. The Labute approximate surface area is 136 Å². The molecule has 0 radical (unpaired) electrons. The lowest BCUT2D eigenvalue weighted by Crippen LogP contribution is -2.14. The van der Waals surface area contributed by atoms with E-state index in [1.54, 1.807) is 19.1 Å². The zero-order valence-corrected chi connectivity index (χ0v) is 14.0. The summed E-state index contributed by atoms with van der Waals surface area (Å²) in [5, 5.41) is 8.22. The van der Waals surface area contributed by atoms with Gasteiger partial charge in [-0.3, -0.25) is 9.52 Å². The van der Waals surface area contributed by atoms with Crippen molar-refractivity contribution >= 4 is 44.1 Å². The van der Waals surface area contributed by atoms with Gasteiger partial charge in [-0.2, -0.15) is 0 Å². The van der Waals surface area contributed by atoms with Gasteiger partial charge in [0.15, 0.2) is 0 Å². The van der Waals surface area contributed by atoms with Crippen LogP contribution < -0.4 is 4.72 Å². The molecule has 0 unspecified atom stereocenters. The first-order chi connectivity index (χ1) is 10.3. The zero-order valence-electron chi connectivity index (χ0n) is 11.7. The Balaban J connectivity index is 2.22. The Kier molecular flexibility index (Phi) is 4.99. The van der Waals surface area contributed by atoms with Crippen molar-refractivity contribution in [2.75, 3.05) is 11.8 Å². The number of anilines is 1. The maximum atomic E-state index is 12.3. The fourth-order valence-electron chi connectivity index (χ4n) is 1.61. The van der Waals surface area contributed by atoms with Crippen LogP contribution in [0.25, 0.3) is 0 Å². The second-order valence-electron chi connectivity index (χ2n) is 4.22. The van der Waals surface area contributed by atoms with E-state index in [4.69, 9.17) is 11.6 Å². The molecule has 1 aromatic carbocycles. The van der Waals surface area contributed by atoms with Gasteiger partial charge in [-0.1, -0.05) is 29.0 Å². The number of esters is 1. The molecule has 2 aromatic rings. The predicted molar refractivity (Wildman–Crippen MR) is 82.6 cm³/mol. The monoisotopic (exact) mass is 361 g/mol. The molecule has 0 atom stereocenters. The number of aromatic nitrogens is 2. The smallest absolute Gasteiger partial charge is 0.312 e. The number of benzene rings is 1. The lowest BCUT2D eigenvalue weighted by atomic mass is 10.2. The molecular weight excluding hydrogens is 350 g/mol. The quantitative estimate of drug-likeness (QED) is 0.818. The van der Waals surface area contributed by atoms with E-state index in [0.29, 0.717) is 15.6 Å². The first-order valence-electron chi connectivity index (χ1n) is 6.00. The first kappa shape index (κ1) is 16.7. The average molecular weight is 362 g/mol. The van der Waals surface area contributed by atoms with Gasteiger partial charge in [-0.05, 0) is 24.6 Å². The molecule has 7 nitrogen and oxygen atoms in total. The Bertz CT molecular complexity index is 804. The van der Waals surface area contributed by atoms with Crippen LogP contribution in [-0.4, -0.2) is 31.7 Å². The van der Waals surface area contributed by atoms with Gasteiger partial charge in [-0.25, -0.2) is 8.42 Å². The number of halogens is 1. The van der Waals surface area contributed by atoms with Crippen molar-refractivity contribution in [1.29, 1.82) is 0 Å². The summed E-state index contributed by atoms with van der Waals surface area (Å²) in [7, 11) is -2.57. The van der Waals surface area contributed by atoms with Gasteiger partial charge in [0.2, 0.25) is 5.13 Å². The molecule has 0 amide bonds. The predicted octanol–water partition coefficient (Wildman–Crippen LogP) is 2.02. The fraction of sp³-hybridized carbons (Fsp3) is 0.250. The van der Waals surface area contributed by atoms with E-state index in [9.17, 15) is 13.2 Å². The van der Waals surface area contributed by atoms with E-state index in [0.717, 1.165) is 11.3 Å². The van der Waals surface area contributed by atoms with Gasteiger partial charge in [0.1, 0.15) is 5.01 Å².